The van der Waals surface area contributed by atoms with Gasteiger partial charge in [0.15, 0.2) is 5.03 Å². The Balaban J connectivity index is 1.82. The molecule has 0 radical (unpaired) electrons. The Hall–Kier alpha value is -0.920. The molecule has 0 spiro atoms. The highest BCUT2D eigenvalue weighted by atomic mass is 32.2. The van der Waals surface area contributed by atoms with Gasteiger partial charge in [-0.2, -0.15) is 4.31 Å². The van der Waals surface area contributed by atoms with E-state index in [4.69, 9.17) is 0 Å². The molecule has 2 N–H and O–H groups in total. The third kappa shape index (κ3) is 1.86. The normalized spacial score (nSPS) is 28.7. The lowest BCUT2D eigenvalue weighted by Crippen LogP contribution is -2.34. The van der Waals surface area contributed by atoms with Crippen molar-refractivity contribution in [2.75, 3.05) is 19.6 Å². The number of hydrogen-bond donors (Lipinski definition) is 2. The van der Waals surface area contributed by atoms with Crippen molar-refractivity contribution in [3.8, 4) is 0 Å². The van der Waals surface area contributed by atoms with E-state index in [0.717, 1.165) is 13.0 Å². The first kappa shape index (κ1) is 12.1. The number of fused-ring (bicyclic) bond motifs is 1. The van der Waals surface area contributed by atoms with Crippen molar-refractivity contribution in [3.63, 3.8) is 0 Å². The molecule has 0 bridgehead atoms. The van der Waals surface area contributed by atoms with Crippen LogP contribution in [-0.4, -0.2) is 48.4 Å². The van der Waals surface area contributed by atoms with Gasteiger partial charge in [0.2, 0.25) is 0 Å². The van der Waals surface area contributed by atoms with Crippen molar-refractivity contribution in [2.24, 2.45) is 5.92 Å². The van der Waals surface area contributed by atoms with Crippen molar-refractivity contribution in [1.29, 1.82) is 0 Å². The number of H-pyrrole nitrogens is 1. The largest absolute Gasteiger partial charge is 0.332 e. The van der Waals surface area contributed by atoms with E-state index in [1.54, 1.807) is 4.31 Å². The van der Waals surface area contributed by atoms with Gasteiger partial charge >= 0.3 is 0 Å². The van der Waals surface area contributed by atoms with Gasteiger partial charge in [-0.1, -0.05) is 6.92 Å². The van der Waals surface area contributed by atoms with Crippen LogP contribution in [0, 0.1) is 5.92 Å². The summed E-state index contributed by atoms with van der Waals surface area (Å²) in [5.41, 5.74) is 0. The van der Waals surface area contributed by atoms with Gasteiger partial charge in [0, 0.05) is 25.6 Å². The molecule has 2 aliphatic rings. The van der Waals surface area contributed by atoms with Gasteiger partial charge in [-0.15, -0.1) is 0 Å². The second-order valence-corrected chi connectivity index (χ2v) is 6.89. The van der Waals surface area contributed by atoms with Gasteiger partial charge in [0.05, 0.1) is 6.20 Å². The summed E-state index contributed by atoms with van der Waals surface area (Å²) >= 11 is 0. The quantitative estimate of drug-likeness (QED) is 0.807. The summed E-state index contributed by atoms with van der Waals surface area (Å²) < 4.78 is 26.4. The highest BCUT2D eigenvalue weighted by molar-refractivity contribution is 7.89. The number of nitrogens with one attached hydrogen (secondary N) is 2. The zero-order chi connectivity index (χ0) is 12.8. The fraction of sp³-hybridized carbons (Fsp3) is 0.727. The van der Waals surface area contributed by atoms with Gasteiger partial charge in [-0.3, -0.25) is 0 Å². The molecule has 6 nitrogen and oxygen atoms in total. The summed E-state index contributed by atoms with van der Waals surface area (Å²) in [5.74, 6) is 1.18. The van der Waals surface area contributed by atoms with Crippen LogP contribution >= 0.6 is 0 Å². The Kier molecular flexibility index (Phi) is 2.91. The summed E-state index contributed by atoms with van der Waals surface area (Å²) in [6.45, 7) is 4.15. The Morgan fingerprint density at radius 1 is 1.50 bits per heavy atom. The predicted octanol–water partition coefficient (Wildman–Crippen LogP) is -0.0455. The zero-order valence-corrected chi connectivity index (χ0v) is 11.2. The van der Waals surface area contributed by atoms with Crippen LogP contribution in [0.25, 0.3) is 0 Å². The summed E-state index contributed by atoms with van der Waals surface area (Å²) in [6.07, 6.45) is 3.21. The van der Waals surface area contributed by atoms with Crippen molar-refractivity contribution in [2.45, 2.75) is 30.8 Å². The smallest absolute Gasteiger partial charge is 0.260 e. The SMILES string of the molecule is CCc1ncc(S(=O)(=O)N2C[C@@H]3CCN[C@@H]3C2)[nH]1. The fourth-order valence-electron chi connectivity index (χ4n) is 2.80. The molecule has 0 amide bonds. The molecule has 1 aromatic heterocycles. The van der Waals surface area contributed by atoms with Gasteiger partial charge in [0.1, 0.15) is 5.82 Å². The van der Waals surface area contributed by atoms with Crippen LogP contribution in [0.15, 0.2) is 11.2 Å². The summed E-state index contributed by atoms with van der Waals surface area (Å²) in [4.78, 5) is 6.95. The molecule has 0 aromatic carbocycles. The Labute approximate surface area is 107 Å². The average molecular weight is 270 g/mol. The molecule has 0 unspecified atom stereocenters. The van der Waals surface area contributed by atoms with E-state index in [1.807, 2.05) is 6.92 Å². The van der Waals surface area contributed by atoms with Gasteiger partial charge in [-0.25, -0.2) is 13.4 Å². The molecule has 100 valence electrons. The third-order valence-electron chi connectivity index (χ3n) is 3.89. The monoisotopic (exact) mass is 270 g/mol. The minimum absolute atomic E-state index is 0.222. The lowest BCUT2D eigenvalue weighted by Gasteiger charge is -2.15. The molecule has 3 heterocycles. The van der Waals surface area contributed by atoms with Gasteiger partial charge in [-0.05, 0) is 18.9 Å². The molecular formula is C11H18N4O2S. The van der Waals surface area contributed by atoms with Crippen LogP contribution < -0.4 is 5.32 Å². The second-order valence-electron chi connectivity index (χ2n) is 4.98. The predicted molar refractivity (Wildman–Crippen MR) is 66.6 cm³/mol. The minimum atomic E-state index is -3.39. The minimum Gasteiger partial charge on any atom is -0.332 e. The third-order valence-corrected chi connectivity index (χ3v) is 5.63. The lowest BCUT2D eigenvalue weighted by molar-refractivity contribution is 0.446. The highest BCUT2D eigenvalue weighted by Gasteiger charge is 2.41. The number of aromatic nitrogens is 2. The molecule has 2 fully saturated rings. The molecule has 18 heavy (non-hydrogen) atoms. The Morgan fingerprint density at radius 3 is 3.00 bits per heavy atom. The molecule has 7 heteroatoms. The van der Waals surface area contributed by atoms with Gasteiger partial charge < -0.3 is 10.3 Å². The second kappa shape index (κ2) is 4.32. The summed E-state index contributed by atoms with van der Waals surface area (Å²) in [6, 6.07) is 0.327. The maximum Gasteiger partial charge on any atom is 0.260 e. The van der Waals surface area contributed by atoms with E-state index in [-0.39, 0.29) is 5.03 Å². The molecule has 2 atom stereocenters. The standard InChI is InChI=1S/C11H18N4O2S/c1-2-10-13-5-11(14-10)18(16,17)15-6-8-3-4-12-9(8)7-15/h5,8-9,12H,2-4,6-7H2,1H3,(H,13,14)/t8-,9+/m0/s1. The van der Waals surface area contributed by atoms with E-state index >= 15 is 0 Å². The molecule has 0 aliphatic carbocycles. The van der Waals surface area contributed by atoms with E-state index in [1.165, 1.54) is 6.20 Å². The van der Waals surface area contributed by atoms with Crippen molar-refractivity contribution >= 4 is 10.0 Å². The number of nitrogens with zero attached hydrogens (tertiary/aromatic N) is 2. The highest BCUT2D eigenvalue weighted by Crippen LogP contribution is 2.28. The summed E-state index contributed by atoms with van der Waals surface area (Å²) in [5, 5.41) is 3.58. The van der Waals surface area contributed by atoms with Crippen LogP contribution in [0.1, 0.15) is 19.2 Å². The van der Waals surface area contributed by atoms with E-state index < -0.39 is 10.0 Å². The van der Waals surface area contributed by atoms with Crippen LogP contribution in [0.4, 0.5) is 0 Å². The molecule has 1 aromatic rings. The summed E-state index contributed by atoms with van der Waals surface area (Å²) in [7, 11) is -3.39. The van der Waals surface area contributed by atoms with E-state index in [9.17, 15) is 8.42 Å². The van der Waals surface area contributed by atoms with Crippen LogP contribution in [-0.2, 0) is 16.4 Å². The Bertz CT molecular complexity index is 527. The molecule has 2 aliphatic heterocycles. The number of rotatable bonds is 3. The maximum atomic E-state index is 12.4. The lowest BCUT2D eigenvalue weighted by atomic mass is 10.1. The van der Waals surface area contributed by atoms with Crippen molar-refractivity contribution in [3.05, 3.63) is 12.0 Å². The van der Waals surface area contributed by atoms with Crippen LogP contribution in [0.2, 0.25) is 0 Å². The number of sulfonamides is 1. The van der Waals surface area contributed by atoms with Crippen molar-refractivity contribution in [1.82, 2.24) is 19.6 Å². The average Bonchev–Trinajstić information content (AvgIpc) is 3.03. The number of imidazole rings is 1. The zero-order valence-electron chi connectivity index (χ0n) is 10.4. The first-order valence-corrected chi connectivity index (χ1v) is 7.82. The molecular weight excluding hydrogens is 252 g/mol. The van der Waals surface area contributed by atoms with Crippen LogP contribution in [0.3, 0.4) is 0 Å². The first-order chi connectivity index (χ1) is 8.61. The molecule has 0 saturated carbocycles. The maximum absolute atomic E-state index is 12.4. The number of aryl methyl sites for hydroxylation is 1. The van der Waals surface area contributed by atoms with Crippen LogP contribution in [0.5, 0.6) is 0 Å². The first-order valence-electron chi connectivity index (χ1n) is 6.38. The van der Waals surface area contributed by atoms with E-state index in [0.29, 0.717) is 37.3 Å². The fourth-order valence-corrected chi connectivity index (χ4v) is 4.25. The number of hydrogen-bond acceptors (Lipinski definition) is 4. The molecule has 3 rings (SSSR count). The number of aromatic amines is 1. The van der Waals surface area contributed by atoms with Crippen molar-refractivity contribution < 1.29 is 8.42 Å². The molecule has 2 saturated heterocycles. The topological polar surface area (TPSA) is 78.1 Å². The Morgan fingerprint density at radius 2 is 2.33 bits per heavy atom. The van der Waals surface area contributed by atoms with Gasteiger partial charge in [0.25, 0.3) is 10.0 Å². The van der Waals surface area contributed by atoms with E-state index in [2.05, 4.69) is 15.3 Å².